The van der Waals surface area contributed by atoms with E-state index in [0.29, 0.717) is 12.6 Å². The number of ether oxygens (including phenoxy) is 1. The summed E-state index contributed by atoms with van der Waals surface area (Å²) in [4.78, 5) is 12.3. The van der Waals surface area contributed by atoms with Crippen LogP contribution in [-0.2, 0) is 0 Å². The molecule has 0 unspecified atom stereocenters. The number of rotatable bonds is 5. The molecule has 1 N–H and O–H groups in total. The monoisotopic (exact) mass is 289 g/mol. The van der Waals surface area contributed by atoms with E-state index < -0.39 is 0 Å². The van der Waals surface area contributed by atoms with Crippen LogP contribution in [0.1, 0.15) is 68.6 Å². The molecule has 0 radical (unpaired) electrons. The minimum atomic E-state index is 0.0441. The fourth-order valence-corrected chi connectivity index (χ4v) is 2.79. The molecule has 0 saturated heterocycles. The van der Waals surface area contributed by atoms with Crippen LogP contribution >= 0.6 is 0 Å². The highest BCUT2D eigenvalue weighted by Gasteiger charge is 2.15. The normalized spacial score (nSPS) is 16.8. The van der Waals surface area contributed by atoms with Crippen molar-refractivity contribution in [2.24, 2.45) is 0 Å². The van der Waals surface area contributed by atoms with Crippen molar-refractivity contribution in [1.29, 1.82) is 0 Å². The summed E-state index contributed by atoms with van der Waals surface area (Å²) in [5.41, 5.74) is 0.723. The molecule has 1 aromatic rings. The van der Waals surface area contributed by atoms with Crippen molar-refractivity contribution in [2.45, 2.75) is 64.3 Å². The molecule has 0 bridgehead atoms. The number of amides is 1. The van der Waals surface area contributed by atoms with Crippen LogP contribution < -0.4 is 10.1 Å². The molecule has 0 spiro atoms. The lowest BCUT2D eigenvalue weighted by Gasteiger charge is -2.21. The Bertz CT molecular complexity index is 419. The Kier molecular flexibility index (Phi) is 6.58. The summed E-state index contributed by atoms with van der Waals surface area (Å²) >= 11 is 0. The molecular weight excluding hydrogens is 262 g/mol. The second-order valence-corrected chi connectivity index (χ2v) is 5.89. The molecule has 0 heterocycles. The molecule has 21 heavy (non-hydrogen) atoms. The van der Waals surface area contributed by atoms with E-state index in [-0.39, 0.29) is 5.91 Å². The van der Waals surface area contributed by atoms with Crippen molar-refractivity contribution < 1.29 is 9.53 Å². The van der Waals surface area contributed by atoms with Crippen molar-refractivity contribution in [2.75, 3.05) is 6.61 Å². The molecule has 1 aromatic carbocycles. The Balaban J connectivity index is 1.86. The number of carbonyl (C=O) groups is 1. The summed E-state index contributed by atoms with van der Waals surface area (Å²) in [6.07, 6.45) is 9.63. The van der Waals surface area contributed by atoms with E-state index in [1.807, 2.05) is 24.3 Å². The molecule has 1 aliphatic rings. The second-order valence-electron chi connectivity index (χ2n) is 5.89. The van der Waals surface area contributed by atoms with Gasteiger partial charge in [-0.3, -0.25) is 4.79 Å². The summed E-state index contributed by atoms with van der Waals surface area (Å²) in [6, 6.07) is 7.80. The third-order valence-corrected chi connectivity index (χ3v) is 4.03. The van der Waals surface area contributed by atoms with Gasteiger partial charge >= 0.3 is 0 Å². The number of carbonyl (C=O) groups excluding carboxylic acids is 1. The molecular formula is C18H27NO2. The maximum atomic E-state index is 12.3. The Morgan fingerprint density at radius 2 is 1.71 bits per heavy atom. The average molecular weight is 289 g/mol. The maximum absolute atomic E-state index is 12.3. The molecule has 1 saturated carbocycles. The first-order valence-corrected chi connectivity index (χ1v) is 8.33. The van der Waals surface area contributed by atoms with Crippen LogP contribution in [0.5, 0.6) is 5.75 Å². The van der Waals surface area contributed by atoms with E-state index in [4.69, 9.17) is 4.74 Å². The van der Waals surface area contributed by atoms with Crippen LogP contribution in [0.4, 0.5) is 0 Å². The van der Waals surface area contributed by atoms with Gasteiger partial charge in [-0.05, 0) is 43.5 Å². The zero-order valence-electron chi connectivity index (χ0n) is 13.1. The van der Waals surface area contributed by atoms with Crippen molar-refractivity contribution in [3.8, 4) is 5.75 Å². The summed E-state index contributed by atoms with van der Waals surface area (Å²) in [6.45, 7) is 2.80. The van der Waals surface area contributed by atoms with Crippen LogP contribution in [0.25, 0.3) is 0 Å². The summed E-state index contributed by atoms with van der Waals surface area (Å²) in [5.74, 6) is 0.877. The van der Waals surface area contributed by atoms with Crippen molar-refractivity contribution in [3.05, 3.63) is 29.8 Å². The SMILES string of the molecule is CCCOc1ccc(C(=O)NC2CCCCCCC2)cc1. The van der Waals surface area contributed by atoms with E-state index in [0.717, 1.165) is 30.6 Å². The predicted molar refractivity (Wildman–Crippen MR) is 85.8 cm³/mol. The molecule has 1 amide bonds. The first-order valence-electron chi connectivity index (χ1n) is 8.33. The maximum Gasteiger partial charge on any atom is 0.251 e. The van der Waals surface area contributed by atoms with Crippen molar-refractivity contribution in [1.82, 2.24) is 5.32 Å². The summed E-state index contributed by atoms with van der Waals surface area (Å²) in [7, 11) is 0. The molecule has 2 rings (SSSR count). The summed E-state index contributed by atoms with van der Waals surface area (Å²) in [5, 5.41) is 3.19. The number of hydrogen-bond acceptors (Lipinski definition) is 2. The first kappa shape index (κ1) is 15.9. The molecule has 0 aliphatic heterocycles. The van der Waals surface area contributed by atoms with E-state index in [2.05, 4.69) is 12.2 Å². The van der Waals surface area contributed by atoms with E-state index in [1.54, 1.807) is 0 Å². The molecule has 116 valence electrons. The van der Waals surface area contributed by atoms with Gasteiger partial charge in [-0.15, -0.1) is 0 Å². The third-order valence-electron chi connectivity index (χ3n) is 4.03. The van der Waals surface area contributed by atoms with Crippen molar-refractivity contribution >= 4 is 5.91 Å². The van der Waals surface area contributed by atoms with Crippen LogP contribution in [-0.4, -0.2) is 18.6 Å². The fraction of sp³-hybridized carbons (Fsp3) is 0.611. The fourth-order valence-electron chi connectivity index (χ4n) is 2.79. The number of benzene rings is 1. The zero-order chi connectivity index (χ0) is 14.9. The van der Waals surface area contributed by atoms with Gasteiger partial charge < -0.3 is 10.1 Å². The quantitative estimate of drug-likeness (QED) is 0.876. The topological polar surface area (TPSA) is 38.3 Å². The van der Waals surface area contributed by atoms with E-state index in [9.17, 15) is 4.79 Å². The van der Waals surface area contributed by atoms with Crippen LogP contribution in [0, 0.1) is 0 Å². The predicted octanol–water partition coefficient (Wildman–Crippen LogP) is 4.32. The smallest absolute Gasteiger partial charge is 0.251 e. The largest absolute Gasteiger partial charge is 0.494 e. The Labute approximate surface area is 128 Å². The van der Waals surface area contributed by atoms with Gasteiger partial charge in [0.15, 0.2) is 0 Å². The lowest BCUT2D eigenvalue weighted by molar-refractivity contribution is 0.0930. The molecule has 0 atom stereocenters. The average Bonchev–Trinajstić information content (AvgIpc) is 2.48. The van der Waals surface area contributed by atoms with Gasteiger partial charge in [0, 0.05) is 11.6 Å². The van der Waals surface area contributed by atoms with Crippen LogP contribution in [0.3, 0.4) is 0 Å². The van der Waals surface area contributed by atoms with Gasteiger partial charge in [0.25, 0.3) is 5.91 Å². The lowest BCUT2D eigenvalue weighted by atomic mass is 9.96. The second kappa shape index (κ2) is 8.71. The summed E-state index contributed by atoms with van der Waals surface area (Å²) < 4.78 is 5.54. The number of hydrogen-bond donors (Lipinski definition) is 1. The van der Waals surface area contributed by atoms with Gasteiger partial charge in [-0.2, -0.15) is 0 Å². The molecule has 1 fully saturated rings. The third kappa shape index (κ3) is 5.41. The van der Waals surface area contributed by atoms with Crippen LogP contribution in [0.2, 0.25) is 0 Å². The minimum absolute atomic E-state index is 0.0441. The van der Waals surface area contributed by atoms with Gasteiger partial charge in [0.1, 0.15) is 5.75 Å². The highest BCUT2D eigenvalue weighted by molar-refractivity contribution is 5.94. The van der Waals surface area contributed by atoms with Gasteiger partial charge in [-0.25, -0.2) is 0 Å². The molecule has 3 nitrogen and oxygen atoms in total. The lowest BCUT2D eigenvalue weighted by Crippen LogP contribution is -2.35. The van der Waals surface area contributed by atoms with Crippen LogP contribution in [0.15, 0.2) is 24.3 Å². The minimum Gasteiger partial charge on any atom is -0.494 e. The van der Waals surface area contributed by atoms with Gasteiger partial charge in [0.2, 0.25) is 0 Å². The first-order chi connectivity index (χ1) is 10.3. The standard InChI is InChI=1S/C18H27NO2/c1-2-14-21-17-12-10-15(11-13-17)18(20)19-16-8-6-4-3-5-7-9-16/h10-13,16H,2-9,14H2,1H3,(H,19,20). The van der Waals surface area contributed by atoms with E-state index in [1.165, 1.54) is 32.1 Å². The Hall–Kier alpha value is -1.51. The zero-order valence-corrected chi connectivity index (χ0v) is 13.1. The highest BCUT2D eigenvalue weighted by Crippen LogP contribution is 2.18. The van der Waals surface area contributed by atoms with Gasteiger partial charge in [0.05, 0.1) is 6.61 Å². The number of nitrogens with one attached hydrogen (secondary N) is 1. The molecule has 0 aromatic heterocycles. The van der Waals surface area contributed by atoms with Crippen molar-refractivity contribution in [3.63, 3.8) is 0 Å². The molecule has 3 heteroatoms. The highest BCUT2D eigenvalue weighted by atomic mass is 16.5. The Morgan fingerprint density at radius 1 is 1.10 bits per heavy atom. The molecule has 1 aliphatic carbocycles. The van der Waals surface area contributed by atoms with Gasteiger partial charge in [-0.1, -0.05) is 39.0 Å². The Morgan fingerprint density at radius 3 is 2.33 bits per heavy atom. The van der Waals surface area contributed by atoms with E-state index >= 15 is 0 Å².